The maximum absolute atomic E-state index is 13.7. The summed E-state index contributed by atoms with van der Waals surface area (Å²) in [6.07, 6.45) is 3.40. The lowest BCUT2D eigenvalue weighted by atomic mass is 10.00. The minimum absolute atomic E-state index is 0.154. The predicted molar refractivity (Wildman–Crippen MR) is 148 cm³/mol. The van der Waals surface area contributed by atoms with Crippen LogP contribution in [0.5, 0.6) is 11.5 Å². The fraction of sp³-hybridized carbons (Fsp3) is 0.0312. The van der Waals surface area contributed by atoms with Gasteiger partial charge in [0.1, 0.15) is 5.75 Å². The molecule has 2 amide bonds. The van der Waals surface area contributed by atoms with E-state index in [9.17, 15) is 9.59 Å². The van der Waals surface area contributed by atoms with Gasteiger partial charge in [0.25, 0.3) is 11.8 Å². The number of hydrogen-bond donors (Lipinski definition) is 1. The smallest absolute Gasteiger partial charge is 0.258 e. The van der Waals surface area contributed by atoms with Crippen molar-refractivity contribution in [2.45, 2.75) is 6.54 Å². The highest BCUT2D eigenvalue weighted by molar-refractivity contribution is 6.10. The van der Waals surface area contributed by atoms with E-state index in [1.54, 1.807) is 47.6 Å². The molecule has 6 nitrogen and oxygen atoms in total. The first-order chi connectivity index (χ1) is 18.7. The zero-order valence-electron chi connectivity index (χ0n) is 20.4. The first-order valence-corrected chi connectivity index (χ1v) is 12.2. The first-order valence-electron chi connectivity index (χ1n) is 12.2. The number of para-hydroxylation sites is 3. The molecule has 6 heteroatoms. The molecule has 0 bridgehead atoms. The van der Waals surface area contributed by atoms with E-state index in [-0.39, 0.29) is 11.8 Å². The number of fused-ring (bicyclic) bond motifs is 2. The second-order valence-electron chi connectivity index (χ2n) is 8.88. The Bertz CT molecular complexity index is 1630. The van der Waals surface area contributed by atoms with Crippen molar-refractivity contribution in [2.75, 3.05) is 10.2 Å². The second kappa shape index (κ2) is 10.0. The molecule has 5 aromatic rings. The van der Waals surface area contributed by atoms with Gasteiger partial charge in [-0.15, -0.1) is 0 Å². The Hall–Kier alpha value is -5.23. The second-order valence-corrected chi connectivity index (χ2v) is 8.88. The number of rotatable bonds is 4. The number of pyridine rings is 1. The van der Waals surface area contributed by atoms with Crippen LogP contribution in [0.3, 0.4) is 0 Å². The molecule has 1 aliphatic rings. The minimum atomic E-state index is -0.230. The Morgan fingerprint density at radius 3 is 2.24 bits per heavy atom. The molecular formula is C32H23N3O3. The number of benzene rings is 4. The van der Waals surface area contributed by atoms with Gasteiger partial charge in [0.2, 0.25) is 0 Å². The first kappa shape index (κ1) is 23.2. The van der Waals surface area contributed by atoms with E-state index in [1.807, 2.05) is 78.9 Å². The van der Waals surface area contributed by atoms with Gasteiger partial charge >= 0.3 is 0 Å². The third kappa shape index (κ3) is 4.51. The van der Waals surface area contributed by atoms with Crippen LogP contribution >= 0.6 is 0 Å². The molecule has 0 radical (unpaired) electrons. The Labute approximate surface area is 220 Å². The summed E-state index contributed by atoms with van der Waals surface area (Å²) in [5.41, 5.74) is 5.03. The van der Waals surface area contributed by atoms with Crippen LogP contribution in [-0.4, -0.2) is 16.8 Å². The van der Waals surface area contributed by atoms with E-state index in [1.165, 1.54) is 0 Å². The largest absolute Gasteiger partial charge is 0.455 e. The number of nitrogens with zero attached hydrogens (tertiary/aromatic N) is 2. The Morgan fingerprint density at radius 2 is 1.42 bits per heavy atom. The van der Waals surface area contributed by atoms with Crippen LogP contribution in [0.2, 0.25) is 0 Å². The van der Waals surface area contributed by atoms with Crippen LogP contribution < -0.4 is 15.0 Å². The van der Waals surface area contributed by atoms with Crippen molar-refractivity contribution < 1.29 is 14.3 Å². The quantitative estimate of drug-likeness (QED) is 0.292. The molecule has 0 aliphatic carbocycles. The summed E-state index contributed by atoms with van der Waals surface area (Å²) >= 11 is 0. The van der Waals surface area contributed by atoms with Gasteiger partial charge in [0, 0.05) is 34.8 Å². The maximum Gasteiger partial charge on any atom is 0.258 e. The SMILES string of the molecule is O=C(Nc1ccc(C(=O)N2Cc3ccccc3Oc3ccccc32)cc1)c1ccccc1-c1ccncc1. The van der Waals surface area contributed by atoms with Crippen LogP contribution in [0.15, 0.2) is 122 Å². The number of carbonyl (C=O) groups is 2. The molecule has 4 aromatic carbocycles. The summed E-state index contributed by atoms with van der Waals surface area (Å²) in [6.45, 7) is 0.385. The topological polar surface area (TPSA) is 71.5 Å². The van der Waals surface area contributed by atoms with Gasteiger partial charge in [-0.2, -0.15) is 0 Å². The van der Waals surface area contributed by atoms with Gasteiger partial charge < -0.3 is 15.0 Å². The molecular weight excluding hydrogens is 474 g/mol. The molecule has 0 atom stereocenters. The predicted octanol–water partition coefficient (Wildman–Crippen LogP) is 6.95. The molecule has 38 heavy (non-hydrogen) atoms. The number of nitrogens with one attached hydrogen (secondary N) is 1. The highest BCUT2D eigenvalue weighted by Crippen LogP contribution is 2.39. The van der Waals surface area contributed by atoms with Crippen molar-refractivity contribution in [1.82, 2.24) is 4.98 Å². The number of aromatic nitrogens is 1. The zero-order valence-corrected chi connectivity index (χ0v) is 20.4. The van der Waals surface area contributed by atoms with Crippen LogP contribution in [0.4, 0.5) is 11.4 Å². The molecule has 0 fully saturated rings. The van der Waals surface area contributed by atoms with E-state index in [4.69, 9.17) is 4.74 Å². The van der Waals surface area contributed by atoms with Crippen LogP contribution in [-0.2, 0) is 6.54 Å². The maximum atomic E-state index is 13.7. The van der Waals surface area contributed by atoms with Crippen molar-refractivity contribution in [3.8, 4) is 22.6 Å². The Morgan fingerprint density at radius 1 is 0.737 bits per heavy atom. The third-order valence-electron chi connectivity index (χ3n) is 6.47. The fourth-order valence-corrected chi connectivity index (χ4v) is 4.57. The third-order valence-corrected chi connectivity index (χ3v) is 6.47. The van der Waals surface area contributed by atoms with Gasteiger partial charge in [-0.05, 0) is 71.8 Å². The minimum Gasteiger partial charge on any atom is -0.455 e. The molecule has 0 unspecified atom stereocenters. The molecule has 1 aliphatic heterocycles. The van der Waals surface area contributed by atoms with Crippen LogP contribution in [0, 0.1) is 0 Å². The van der Waals surface area contributed by atoms with E-state index in [2.05, 4.69) is 10.3 Å². The van der Waals surface area contributed by atoms with E-state index < -0.39 is 0 Å². The summed E-state index contributed by atoms with van der Waals surface area (Å²) < 4.78 is 6.12. The molecule has 6 rings (SSSR count). The number of ether oxygens (including phenoxy) is 1. The lowest BCUT2D eigenvalue weighted by molar-refractivity contribution is 0.0984. The lowest BCUT2D eigenvalue weighted by Crippen LogP contribution is -2.29. The monoisotopic (exact) mass is 497 g/mol. The molecule has 1 N–H and O–H groups in total. The van der Waals surface area contributed by atoms with Crippen molar-refractivity contribution in [2.24, 2.45) is 0 Å². The standard InChI is InChI=1S/C32H23N3O3/c36-31(27-9-3-2-8-26(27)22-17-19-33-20-18-22)34-25-15-13-23(14-16-25)32(37)35-21-24-7-1-5-11-29(24)38-30-12-6-4-10-28(30)35/h1-20H,21H2,(H,34,36). The van der Waals surface area contributed by atoms with E-state index >= 15 is 0 Å². The van der Waals surface area contributed by atoms with Gasteiger partial charge in [-0.25, -0.2) is 0 Å². The fourth-order valence-electron chi connectivity index (χ4n) is 4.57. The highest BCUT2D eigenvalue weighted by Gasteiger charge is 2.26. The Balaban J connectivity index is 1.24. The highest BCUT2D eigenvalue weighted by atomic mass is 16.5. The van der Waals surface area contributed by atoms with Crippen molar-refractivity contribution in [1.29, 1.82) is 0 Å². The lowest BCUT2D eigenvalue weighted by Gasteiger charge is -2.22. The van der Waals surface area contributed by atoms with Crippen LogP contribution in [0.25, 0.3) is 11.1 Å². The number of anilines is 2. The average Bonchev–Trinajstić information content (AvgIpc) is 3.14. The Kier molecular flexibility index (Phi) is 6.12. The molecule has 0 saturated carbocycles. The summed E-state index contributed by atoms with van der Waals surface area (Å²) in [5, 5.41) is 2.95. The summed E-state index contributed by atoms with van der Waals surface area (Å²) in [6, 6.07) is 33.4. The number of carbonyl (C=O) groups excluding carboxylic acids is 2. The van der Waals surface area contributed by atoms with Crippen molar-refractivity contribution >= 4 is 23.2 Å². The van der Waals surface area contributed by atoms with Crippen molar-refractivity contribution in [3.63, 3.8) is 0 Å². The molecule has 2 heterocycles. The summed E-state index contributed by atoms with van der Waals surface area (Å²) in [7, 11) is 0. The van der Waals surface area contributed by atoms with E-state index in [0.717, 1.165) is 22.4 Å². The number of amides is 2. The van der Waals surface area contributed by atoms with Crippen molar-refractivity contribution in [3.05, 3.63) is 138 Å². The zero-order chi connectivity index (χ0) is 25.9. The molecule has 0 saturated heterocycles. The van der Waals surface area contributed by atoms with Gasteiger partial charge in [-0.3, -0.25) is 14.6 Å². The number of hydrogen-bond acceptors (Lipinski definition) is 4. The summed E-state index contributed by atoms with van der Waals surface area (Å²) in [4.78, 5) is 32.6. The van der Waals surface area contributed by atoms with Gasteiger partial charge in [0.05, 0.1) is 12.2 Å². The van der Waals surface area contributed by atoms with Crippen LogP contribution in [0.1, 0.15) is 26.3 Å². The summed E-state index contributed by atoms with van der Waals surface area (Å²) in [5.74, 6) is 0.980. The van der Waals surface area contributed by atoms with Gasteiger partial charge in [-0.1, -0.05) is 48.5 Å². The average molecular weight is 498 g/mol. The van der Waals surface area contributed by atoms with E-state index in [0.29, 0.717) is 34.8 Å². The van der Waals surface area contributed by atoms with Gasteiger partial charge in [0.15, 0.2) is 5.75 Å². The molecule has 184 valence electrons. The molecule has 1 aromatic heterocycles. The normalized spacial score (nSPS) is 11.9. The molecule has 0 spiro atoms.